The predicted octanol–water partition coefficient (Wildman–Crippen LogP) is 6.18. The summed E-state index contributed by atoms with van der Waals surface area (Å²) in [6, 6.07) is 29.4. The van der Waals surface area contributed by atoms with Gasteiger partial charge in [-0.2, -0.15) is 0 Å². The molecule has 1 fully saturated rings. The van der Waals surface area contributed by atoms with E-state index in [0.717, 1.165) is 42.5 Å². The van der Waals surface area contributed by atoms with Gasteiger partial charge in [0.2, 0.25) is 5.91 Å². The first-order chi connectivity index (χ1) is 16.8. The van der Waals surface area contributed by atoms with Crippen LogP contribution in [-0.2, 0) is 30.7 Å². The fourth-order valence-corrected chi connectivity index (χ4v) is 5.21. The molecule has 0 aliphatic heterocycles. The average Bonchev–Trinajstić information content (AvgIpc) is 3.25. The van der Waals surface area contributed by atoms with Crippen LogP contribution < -0.4 is 0 Å². The first-order valence-corrected chi connectivity index (χ1v) is 12.6. The molecule has 34 heavy (non-hydrogen) atoms. The number of imidazole rings is 1. The van der Waals surface area contributed by atoms with Crippen molar-refractivity contribution >= 4 is 16.9 Å². The van der Waals surface area contributed by atoms with E-state index >= 15 is 0 Å². The fourth-order valence-electron chi connectivity index (χ4n) is 5.21. The Balaban J connectivity index is 1.41. The molecule has 4 nitrogen and oxygen atoms in total. The molecule has 1 heterocycles. The van der Waals surface area contributed by atoms with E-state index in [9.17, 15) is 4.79 Å². The zero-order valence-corrected chi connectivity index (χ0v) is 19.8. The first-order valence-electron chi connectivity index (χ1n) is 12.6. The van der Waals surface area contributed by atoms with E-state index in [1.54, 1.807) is 0 Å². The van der Waals surface area contributed by atoms with Crippen molar-refractivity contribution in [1.82, 2.24) is 14.5 Å². The molecule has 0 N–H and O–H groups in total. The van der Waals surface area contributed by atoms with E-state index in [1.807, 2.05) is 30.3 Å². The third-order valence-electron chi connectivity index (χ3n) is 7.04. The normalized spacial score (nSPS) is 14.4. The third-order valence-corrected chi connectivity index (χ3v) is 7.04. The molecule has 1 aliphatic rings. The van der Waals surface area contributed by atoms with Crippen LogP contribution in [-0.4, -0.2) is 26.4 Å². The molecule has 0 unspecified atom stereocenters. The second-order valence-corrected chi connectivity index (χ2v) is 9.39. The maximum atomic E-state index is 13.9. The number of amides is 1. The number of rotatable bonds is 8. The number of benzene rings is 3. The lowest BCUT2D eigenvalue weighted by atomic mass is 9.93. The van der Waals surface area contributed by atoms with Crippen molar-refractivity contribution in [2.75, 3.05) is 0 Å². The molecule has 1 aliphatic carbocycles. The van der Waals surface area contributed by atoms with Crippen LogP contribution in [0, 0.1) is 0 Å². The Hall–Kier alpha value is -3.40. The van der Waals surface area contributed by atoms with Gasteiger partial charge in [0.1, 0.15) is 12.4 Å². The van der Waals surface area contributed by atoms with Crippen LogP contribution >= 0.6 is 0 Å². The standard InChI is InChI=1S/C30H33N3O/c34-30(32(26-16-8-3-9-17-26)22-25-14-6-2-7-15-25)23-33-28-19-11-10-18-27(28)31-29(33)21-20-24-12-4-1-5-13-24/h1-2,4-7,10-15,18-19,26H,3,8-9,16-17,20-23H2. The zero-order chi connectivity index (χ0) is 23.2. The van der Waals surface area contributed by atoms with Crippen molar-refractivity contribution in [2.24, 2.45) is 0 Å². The fraction of sp³-hybridized carbons (Fsp3) is 0.333. The molecule has 0 radical (unpaired) electrons. The number of para-hydroxylation sites is 2. The zero-order valence-electron chi connectivity index (χ0n) is 19.8. The summed E-state index contributed by atoms with van der Waals surface area (Å²) in [6.07, 6.45) is 7.62. The van der Waals surface area contributed by atoms with Gasteiger partial charge in [0.15, 0.2) is 0 Å². The Morgan fingerprint density at radius 2 is 1.44 bits per heavy atom. The van der Waals surface area contributed by atoms with Gasteiger partial charge in [-0.3, -0.25) is 4.79 Å². The number of fused-ring (bicyclic) bond motifs is 1. The van der Waals surface area contributed by atoms with Crippen LogP contribution in [0.2, 0.25) is 0 Å². The number of nitrogens with zero attached hydrogens (tertiary/aromatic N) is 3. The Bertz CT molecular complexity index is 1210. The summed E-state index contributed by atoms with van der Waals surface area (Å²) in [4.78, 5) is 20.9. The quantitative estimate of drug-likeness (QED) is 0.321. The summed E-state index contributed by atoms with van der Waals surface area (Å²) < 4.78 is 2.15. The monoisotopic (exact) mass is 451 g/mol. The Morgan fingerprint density at radius 3 is 2.18 bits per heavy atom. The number of hydrogen-bond donors (Lipinski definition) is 0. The van der Waals surface area contributed by atoms with Crippen LogP contribution in [0.1, 0.15) is 49.1 Å². The molecular weight excluding hydrogens is 418 g/mol. The molecule has 0 bridgehead atoms. The van der Waals surface area contributed by atoms with E-state index in [2.05, 4.69) is 64.1 Å². The summed E-state index contributed by atoms with van der Waals surface area (Å²) in [6.45, 7) is 1.02. The van der Waals surface area contributed by atoms with Crippen molar-refractivity contribution in [3.05, 3.63) is 102 Å². The van der Waals surface area contributed by atoms with Crippen molar-refractivity contribution in [3.8, 4) is 0 Å². The summed E-state index contributed by atoms with van der Waals surface area (Å²) in [5.74, 6) is 1.18. The predicted molar refractivity (Wildman–Crippen MR) is 137 cm³/mol. The minimum absolute atomic E-state index is 0.194. The molecule has 3 aromatic carbocycles. The Kier molecular flexibility index (Phi) is 7.04. The maximum Gasteiger partial charge on any atom is 0.243 e. The summed E-state index contributed by atoms with van der Waals surface area (Å²) in [5.41, 5.74) is 4.49. The van der Waals surface area contributed by atoms with Gasteiger partial charge in [0.25, 0.3) is 0 Å². The number of carbonyl (C=O) groups excluding carboxylic acids is 1. The topological polar surface area (TPSA) is 38.1 Å². The van der Waals surface area contributed by atoms with Crippen molar-refractivity contribution in [1.29, 1.82) is 0 Å². The minimum atomic E-state index is 0.194. The van der Waals surface area contributed by atoms with Crippen LogP contribution in [0.4, 0.5) is 0 Å². The number of hydrogen-bond acceptors (Lipinski definition) is 2. The van der Waals surface area contributed by atoms with Crippen LogP contribution in [0.5, 0.6) is 0 Å². The van der Waals surface area contributed by atoms with Crippen molar-refractivity contribution in [2.45, 2.75) is 64.1 Å². The van der Waals surface area contributed by atoms with E-state index in [4.69, 9.17) is 4.98 Å². The first kappa shape index (κ1) is 22.4. The van der Waals surface area contributed by atoms with Gasteiger partial charge >= 0.3 is 0 Å². The van der Waals surface area contributed by atoms with Gasteiger partial charge in [-0.25, -0.2) is 4.98 Å². The van der Waals surface area contributed by atoms with Crippen LogP contribution in [0.15, 0.2) is 84.9 Å². The van der Waals surface area contributed by atoms with Crippen LogP contribution in [0.3, 0.4) is 0 Å². The highest BCUT2D eigenvalue weighted by molar-refractivity contribution is 5.81. The second kappa shape index (κ2) is 10.7. The molecular formula is C30H33N3O. The molecule has 4 aromatic rings. The lowest BCUT2D eigenvalue weighted by molar-refractivity contribution is -0.135. The van der Waals surface area contributed by atoms with Gasteiger partial charge in [-0.15, -0.1) is 0 Å². The number of aromatic nitrogens is 2. The molecule has 0 spiro atoms. The lowest BCUT2D eigenvalue weighted by Gasteiger charge is -2.35. The van der Waals surface area contributed by atoms with Gasteiger partial charge in [-0.1, -0.05) is 92.1 Å². The average molecular weight is 452 g/mol. The molecule has 1 amide bonds. The Morgan fingerprint density at radius 1 is 0.794 bits per heavy atom. The number of aryl methyl sites for hydroxylation is 2. The highest BCUT2D eigenvalue weighted by atomic mass is 16.2. The SMILES string of the molecule is O=C(Cn1c(CCc2ccccc2)nc2ccccc21)N(Cc1ccccc1)C1CCCCC1. The molecule has 0 saturated heterocycles. The molecule has 1 saturated carbocycles. The van der Waals surface area contributed by atoms with Crippen molar-refractivity contribution in [3.63, 3.8) is 0 Å². The Labute approximate surface area is 202 Å². The number of carbonyl (C=O) groups is 1. The molecule has 1 aromatic heterocycles. The smallest absolute Gasteiger partial charge is 0.243 e. The third kappa shape index (κ3) is 5.22. The van der Waals surface area contributed by atoms with E-state index in [1.165, 1.54) is 30.4 Å². The largest absolute Gasteiger partial charge is 0.334 e. The minimum Gasteiger partial charge on any atom is -0.334 e. The lowest BCUT2D eigenvalue weighted by Crippen LogP contribution is -2.42. The van der Waals surface area contributed by atoms with E-state index in [-0.39, 0.29) is 5.91 Å². The van der Waals surface area contributed by atoms with Gasteiger partial charge in [0.05, 0.1) is 11.0 Å². The molecule has 5 rings (SSSR count). The van der Waals surface area contributed by atoms with Gasteiger partial charge in [-0.05, 0) is 42.5 Å². The van der Waals surface area contributed by atoms with E-state index in [0.29, 0.717) is 19.1 Å². The maximum absolute atomic E-state index is 13.9. The summed E-state index contributed by atoms with van der Waals surface area (Å²) in [7, 11) is 0. The second-order valence-electron chi connectivity index (χ2n) is 9.39. The molecule has 0 atom stereocenters. The summed E-state index contributed by atoms with van der Waals surface area (Å²) in [5, 5.41) is 0. The molecule has 174 valence electrons. The summed E-state index contributed by atoms with van der Waals surface area (Å²) >= 11 is 0. The van der Waals surface area contributed by atoms with Crippen LogP contribution in [0.25, 0.3) is 11.0 Å². The van der Waals surface area contributed by atoms with Gasteiger partial charge in [0, 0.05) is 19.0 Å². The highest BCUT2D eigenvalue weighted by Gasteiger charge is 2.26. The highest BCUT2D eigenvalue weighted by Crippen LogP contribution is 2.26. The van der Waals surface area contributed by atoms with Gasteiger partial charge < -0.3 is 9.47 Å². The van der Waals surface area contributed by atoms with Crippen molar-refractivity contribution < 1.29 is 4.79 Å². The molecule has 4 heteroatoms. The van der Waals surface area contributed by atoms with E-state index < -0.39 is 0 Å².